The van der Waals surface area contributed by atoms with Gasteiger partial charge >= 0.3 is 0 Å². The van der Waals surface area contributed by atoms with Gasteiger partial charge in [0.05, 0.1) is 11.5 Å². The fourth-order valence-corrected chi connectivity index (χ4v) is 2.95. The van der Waals surface area contributed by atoms with Gasteiger partial charge in [-0.15, -0.1) is 0 Å². The zero-order valence-corrected chi connectivity index (χ0v) is 12.0. The molecule has 5 heteroatoms. The monoisotopic (exact) mass is 291 g/mol. The quantitative estimate of drug-likeness (QED) is 0.885. The molecule has 0 aliphatic rings. The summed E-state index contributed by atoms with van der Waals surface area (Å²) in [6, 6.07) is 13.9. The Hall–Kier alpha value is -1.69. The Balaban J connectivity index is 2.17. The second-order valence-corrected chi connectivity index (χ2v) is 6.32. The van der Waals surface area contributed by atoms with E-state index in [4.69, 9.17) is 5.11 Å². The molecular weight excluding hydrogens is 274 g/mol. The van der Waals surface area contributed by atoms with Crippen molar-refractivity contribution < 1.29 is 13.5 Å². The van der Waals surface area contributed by atoms with Gasteiger partial charge in [0.25, 0.3) is 0 Å². The lowest BCUT2D eigenvalue weighted by atomic mass is 10.1. The molecule has 0 aliphatic carbocycles. The average Bonchev–Trinajstić information content (AvgIpc) is 2.46. The number of hydrogen-bond donors (Lipinski definition) is 2. The summed E-state index contributed by atoms with van der Waals surface area (Å²) in [6.07, 6.45) is 0. The molecule has 4 nitrogen and oxygen atoms in total. The van der Waals surface area contributed by atoms with Gasteiger partial charge in [0, 0.05) is 6.54 Å². The first kappa shape index (κ1) is 14.7. The number of nitrogens with one attached hydrogen (secondary N) is 1. The van der Waals surface area contributed by atoms with Crippen LogP contribution in [-0.2, 0) is 23.2 Å². The first-order chi connectivity index (χ1) is 9.53. The Morgan fingerprint density at radius 1 is 1.10 bits per heavy atom. The minimum Gasteiger partial charge on any atom is -0.392 e. The summed E-state index contributed by atoms with van der Waals surface area (Å²) < 4.78 is 27.0. The zero-order valence-electron chi connectivity index (χ0n) is 11.2. The van der Waals surface area contributed by atoms with E-state index in [1.54, 1.807) is 12.1 Å². The van der Waals surface area contributed by atoms with Crippen LogP contribution in [0.5, 0.6) is 0 Å². The summed E-state index contributed by atoms with van der Waals surface area (Å²) in [5, 5.41) is 9.06. The average molecular weight is 291 g/mol. The fraction of sp³-hybridized carbons (Fsp3) is 0.200. The number of benzene rings is 2. The van der Waals surface area contributed by atoms with Gasteiger partial charge in [0.2, 0.25) is 10.0 Å². The van der Waals surface area contributed by atoms with Crippen molar-refractivity contribution in [2.24, 2.45) is 0 Å². The highest BCUT2D eigenvalue weighted by molar-refractivity contribution is 7.89. The van der Waals surface area contributed by atoms with Crippen LogP contribution in [0.2, 0.25) is 0 Å². The van der Waals surface area contributed by atoms with Crippen LogP contribution in [0.1, 0.15) is 16.7 Å². The Bertz CT molecular complexity index is 696. The van der Waals surface area contributed by atoms with E-state index >= 15 is 0 Å². The van der Waals surface area contributed by atoms with Crippen LogP contribution in [0.25, 0.3) is 0 Å². The van der Waals surface area contributed by atoms with Gasteiger partial charge in [-0.1, -0.05) is 36.4 Å². The van der Waals surface area contributed by atoms with Crippen LogP contribution in [0.4, 0.5) is 0 Å². The molecule has 2 rings (SSSR count). The van der Waals surface area contributed by atoms with E-state index in [0.29, 0.717) is 5.56 Å². The lowest BCUT2D eigenvalue weighted by Crippen LogP contribution is -2.23. The van der Waals surface area contributed by atoms with Crippen LogP contribution in [0.15, 0.2) is 53.4 Å². The molecule has 0 saturated heterocycles. The number of rotatable bonds is 5. The molecule has 0 radical (unpaired) electrons. The van der Waals surface area contributed by atoms with Gasteiger partial charge in [-0.25, -0.2) is 13.1 Å². The Morgan fingerprint density at radius 3 is 2.55 bits per heavy atom. The van der Waals surface area contributed by atoms with Gasteiger partial charge in [-0.05, 0) is 35.7 Å². The smallest absolute Gasteiger partial charge is 0.240 e. The molecule has 20 heavy (non-hydrogen) atoms. The van der Waals surface area contributed by atoms with Crippen LogP contribution >= 0.6 is 0 Å². The second kappa shape index (κ2) is 6.17. The lowest BCUT2D eigenvalue weighted by molar-refractivity contribution is 0.281. The van der Waals surface area contributed by atoms with E-state index in [1.165, 1.54) is 12.1 Å². The van der Waals surface area contributed by atoms with Crippen molar-refractivity contribution in [3.8, 4) is 0 Å². The molecule has 0 heterocycles. The van der Waals surface area contributed by atoms with Crippen molar-refractivity contribution in [3.63, 3.8) is 0 Å². The third-order valence-corrected chi connectivity index (χ3v) is 4.50. The van der Waals surface area contributed by atoms with E-state index in [0.717, 1.165) is 11.1 Å². The van der Waals surface area contributed by atoms with Gasteiger partial charge in [-0.3, -0.25) is 0 Å². The summed E-state index contributed by atoms with van der Waals surface area (Å²) in [4.78, 5) is 0.164. The molecule has 0 aromatic heterocycles. The SMILES string of the molecule is Cc1ccccc1CNS(=O)(=O)c1cccc(CO)c1. The first-order valence-electron chi connectivity index (χ1n) is 6.27. The summed E-state index contributed by atoms with van der Waals surface area (Å²) in [6.45, 7) is 2.01. The molecule has 2 aromatic carbocycles. The van der Waals surface area contributed by atoms with Crippen molar-refractivity contribution >= 4 is 10.0 Å². The molecule has 2 N–H and O–H groups in total. The van der Waals surface area contributed by atoms with E-state index in [9.17, 15) is 8.42 Å². The highest BCUT2D eigenvalue weighted by Crippen LogP contribution is 2.13. The fourth-order valence-electron chi connectivity index (χ4n) is 1.88. The highest BCUT2D eigenvalue weighted by atomic mass is 32.2. The lowest BCUT2D eigenvalue weighted by Gasteiger charge is -2.09. The predicted molar refractivity (Wildman–Crippen MR) is 77.6 cm³/mol. The first-order valence-corrected chi connectivity index (χ1v) is 7.75. The van der Waals surface area contributed by atoms with Crippen molar-refractivity contribution in [3.05, 3.63) is 65.2 Å². The predicted octanol–water partition coefficient (Wildman–Crippen LogP) is 1.97. The Kier molecular flexibility index (Phi) is 4.54. The van der Waals surface area contributed by atoms with Gasteiger partial charge in [0.15, 0.2) is 0 Å². The molecule has 106 valence electrons. The van der Waals surface area contributed by atoms with Crippen molar-refractivity contribution in [2.75, 3.05) is 0 Å². The molecule has 0 amide bonds. The van der Waals surface area contributed by atoms with Crippen LogP contribution in [-0.4, -0.2) is 13.5 Å². The standard InChI is InChI=1S/C15H17NO3S/c1-12-5-2-3-7-14(12)10-16-20(18,19)15-8-4-6-13(9-15)11-17/h2-9,16-17H,10-11H2,1H3. The van der Waals surface area contributed by atoms with E-state index in [-0.39, 0.29) is 18.0 Å². The molecule has 0 spiro atoms. The molecule has 0 saturated carbocycles. The largest absolute Gasteiger partial charge is 0.392 e. The maximum absolute atomic E-state index is 12.2. The van der Waals surface area contributed by atoms with Crippen molar-refractivity contribution in [1.82, 2.24) is 4.72 Å². The maximum Gasteiger partial charge on any atom is 0.240 e. The van der Waals surface area contributed by atoms with E-state index in [1.807, 2.05) is 31.2 Å². The van der Waals surface area contributed by atoms with Crippen LogP contribution < -0.4 is 4.72 Å². The number of aliphatic hydroxyl groups is 1. The summed E-state index contributed by atoms with van der Waals surface area (Å²) in [7, 11) is -3.57. The minimum atomic E-state index is -3.57. The molecule has 0 bridgehead atoms. The molecule has 0 unspecified atom stereocenters. The van der Waals surface area contributed by atoms with Crippen molar-refractivity contribution in [2.45, 2.75) is 25.0 Å². The third-order valence-electron chi connectivity index (χ3n) is 3.11. The van der Waals surface area contributed by atoms with Gasteiger partial charge < -0.3 is 5.11 Å². The maximum atomic E-state index is 12.2. The van der Waals surface area contributed by atoms with Crippen LogP contribution in [0, 0.1) is 6.92 Å². The minimum absolute atomic E-state index is 0.164. The Morgan fingerprint density at radius 2 is 1.85 bits per heavy atom. The van der Waals surface area contributed by atoms with Crippen molar-refractivity contribution in [1.29, 1.82) is 0 Å². The molecule has 2 aromatic rings. The number of sulfonamides is 1. The summed E-state index contributed by atoms with van der Waals surface area (Å²) >= 11 is 0. The normalized spacial score (nSPS) is 11.5. The molecule has 0 atom stereocenters. The highest BCUT2D eigenvalue weighted by Gasteiger charge is 2.14. The zero-order chi connectivity index (χ0) is 14.6. The van der Waals surface area contributed by atoms with Gasteiger partial charge in [0.1, 0.15) is 0 Å². The third kappa shape index (κ3) is 3.45. The molecule has 0 aliphatic heterocycles. The van der Waals surface area contributed by atoms with Gasteiger partial charge in [-0.2, -0.15) is 0 Å². The van der Waals surface area contributed by atoms with E-state index in [2.05, 4.69) is 4.72 Å². The number of aryl methyl sites for hydroxylation is 1. The second-order valence-electron chi connectivity index (χ2n) is 4.56. The molecular formula is C15H17NO3S. The van der Waals surface area contributed by atoms with Crippen LogP contribution in [0.3, 0.4) is 0 Å². The van der Waals surface area contributed by atoms with E-state index < -0.39 is 10.0 Å². The summed E-state index contributed by atoms with van der Waals surface area (Å²) in [5.41, 5.74) is 2.55. The Labute approximate surface area is 119 Å². The number of hydrogen-bond acceptors (Lipinski definition) is 3. The summed E-state index contributed by atoms with van der Waals surface area (Å²) in [5.74, 6) is 0. The number of aliphatic hydroxyl groups excluding tert-OH is 1. The molecule has 0 fully saturated rings. The topological polar surface area (TPSA) is 66.4 Å².